The average Bonchev–Trinajstić information content (AvgIpc) is 2.28. The van der Waals surface area contributed by atoms with Crippen LogP contribution < -0.4 is 0 Å². The molecule has 18 heavy (non-hydrogen) atoms. The SMILES string of the molecule is CCOC(=O)Cc1ccc(C(Cl)C(C)=O)c(Br)c1. The van der Waals surface area contributed by atoms with Crippen molar-refractivity contribution in [1.29, 1.82) is 0 Å². The second kappa shape index (κ2) is 6.90. The Kier molecular flexibility index (Phi) is 5.82. The second-order valence-electron chi connectivity index (χ2n) is 3.81. The van der Waals surface area contributed by atoms with E-state index >= 15 is 0 Å². The highest BCUT2D eigenvalue weighted by Gasteiger charge is 2.16. The molecule has 1 rings (SSSR count). The van der Waals surface area contributed by atoms with Crippen LogP contribution in [0.3, 0.4) is 0 Å². The number of hydrogen-bond donors (Lipinski definition) is 0. The molecule has 0 aliphatic carbocycles. The molecule has 5 heteroatoms. The van der Waals surface area contributed by atoms with E-state index in [-0.39, 0.29) is 18.2 Å². The lowest BCUT2D eigenvalue weighted by Crippen LogP contribution is -2.08. The Hall–Kier alpha value is -0.870. The second-order valence-corrected chi connectivity index (χ2v) is 5.10. The Labute approximate surface area is 120 Å². The fourth-order valence-electron chi connectivity index (χ4n) is 1.48. The first-order valence-corrected chi connectivity index (χ1v) is 6.77. The van der Waals surface area contributed by atoms with Crippen molar-refractivity contribution in [3.05, 3.63) is 33.8 Å². The lowest BCUT2D eigenvalue weighted by Gasteiger charge is -2.10. The van der Waals surface area contributed by atoms with E-state index < -0.39 is 5.38 Å². The number of carbonyl (C=O) groups is 2. The van der Waals surface area contributed by atoms with Gasteiger partial charge in [-0.05, 0) is 31.0 Å². The lowest BCUT2D eigenvalue weighted by molar-refractivity contribution is -0.142. The summed E-state index contributed by atoms with van der Waals surface area (Å²) in [6.07, 6.45) is 0.208. The highest BCUT2D eigenvalue weighted by Crippen LogP contribution is 2.29. The van der Waals surface area contributed by atoms with Crippen LogP contribution in [0, 0.1) is 0 Å². The van der Waals surface area contributed by atoms with E-state index in [0.29, 0.717) is 12.2 Å². The van der Waals surface area contributed by atoms with Crippen LogP contribution in [0.1, 0.15) is 30.4 Å². The number of carbonyl (C=O) groups excluding carboxylic acids is 2. The molecule has 0 aliphatic heterocycles. The first-order valence-electron chi connectivity index (χ1n) is 5.54. The van der Waals surface area contributed by atoms with Gasteiger partial charge in [-0.2, -0.15) is 0 Å². The van der Waals surface area contributed by atoms with Crippen LogP contribution in [0.4, 0.5) is 0 Å². The summed E-state index contributed by atoms with van der Waals surface area (Å²) >= 11 is 9.34. The zero-order chi connectivity index (χ0) is 13.7. The van der Waals surface area contributed by atoms with Gasteiger partial charge in [0.05, 0.1) is 13.0 Å². The van der Waals surface area contributed by atoms with Crippen LogP contribution in [0.15, 0.2) is 22.7 Å². The van der Waals surface area contributed by atoms with Crippen molar-refractivity contribution < 1.29 is 14.3 Å². The molecule has 0 spiro atoms. The number of alkyl halides is 1. The third-order valence-corrected chi connectivity index (χ3v) is 3.58. The Morgan fingerprint density at radius 3 is 2.61 bits per heavy atom. The van der Waals surface area contributed by atoms with Crippen molar-refractivity contribution in [3.8, 4) is 0 Å². The minimum atomic E-state index is -0.670. The van der Waals surface area contributed by atoms with Gasteiger partial charge in [0.25, 0.3) is 0 Å². The normalized spacial score (nSPS) is 12.0. The summed E-state index contributed by atoms with van der Waals surface area (Å²) < 4.78 is 5.59. The van der Waals surface area contributed by atoms with E-state index in [1.807, 2.05) is 0 Å². The van der Waals surface area contributed by atoms with Crippen molar-refractivity contribution >= 4 is 39.3 Å². The van der Waals surface area contributed by atoms with Gasteiger partial charge in [0.15, 0.2) is 5.78 Å². The highest BCUT2D eigenvalue weighted by molar-refractivity contribution is 9.10. The molecule has 0 saturated heterocycles. The van der Waals surface area contributed by atoms with Crippen LogP contribution in [0.5, 0.6) is 0 Å². The molecule has 98 valence electrons. The third-order valence-electron chi connectivity index (χ3n) is 2.35. The van der Waals surface area contributed by atoms with Crippen molar-refractivity contribution in [2.24, 2.45) is 0 Å². The molecular formula is C13H14BrClO3. The molecule has 3 nitrogen and oxygen atoms in total. The van der Waals surface area contributed by atoms with Crippen molar-refractivity contribution in [2.75, 3.05) is 6.61 Å². The minimum absolute atomic E-state index is 0.115. The molecule has 0 N–H and O–H groups in total. The predicted molar refractivity (Wildman–Crippen MR) is 73.8 cm³/mol. The molecule has 0 aliphatic rings. The van der Waals surface area contributed by atoms with E-state index in [2.05, 4.69) is 15.9 Å². The Morgan fingerprint density at radius 1 is 1.44 bits per heavy atom. The zero-order valence-corrected chi connectivity index (χ0v) is 12.5. The summed E-state index contributed by atoms with van der Waals surface area (Å²) in [5.74, 6) is -0.387. The van der Waals surface area contributed by atoms with Crippen molar-refractivity contribution in [1.82, 2.24) is 0 Å². The molecule has 0 fully saturated rings. The zero-order valence-electron chi connectivity index (χ0n) is 10.2. The topological polar surface area (TPSA) is 43.4 Å². The molecule has 0 heterocycles. The molecule has 1 unspecified atom stereocenters. The monoisotopic (exact) mass is 332 g/mol. The lowest BCUT2D eigenvalue weighted by atomic mass is 10.1. The quantitative estimate of drug-likeness (QED) is 0.612. The molecule has 1 aromatic carbocycles. The molecule has 1 aromatic rings. The molecule has 0 amide bonds. The summed E-state index contributed by atoms with van der Waals surface area (Å²) in [5.41, 5.74) is 1.52. The van der Waals surface area contributed by atoms with Crippen LogP contribution >= 0.6 is 27.5 Å². The van der Waals surface area contributed by atoms with Crippen molar-refractivity contribution in [3.63, 3.8) is 0 Å². The van der Waals surface area contributed by atoms with E-state index in [9.17, 15) is 9.59 Å². The Morgan fingerprint density at radius 2 is 2.11 bits per heavy atom. The number of ketones is 1. The maximum atomic E-state index is 11.3. The van der Waals surface area contributed by atoms with Gasteiger partial charge in [0.2, 0.25) is 0 Å². The van der Waals surface area contributed by atoms with Gasteiger partial charge in [-0.3, -0.25) is 9.59 Å². The fraction of sp³-hybridized carbons (Fsp3) is 0.385. The van der Waals surface area contributed by atoms with Crippen molar-refractivity contribution in [2.45, 2.75) is 25.6 Å². The molecule has 0 aromatic heterocycles. The summed E-state index contributed by atoms with van der Waals surface area (Å²) in [6, 6.07) is 5.30. The van der Waals surface area contributed by atoms with Gasteiger partial charge >= 0.3 is 5.97 Å². The maximum absolute atomic E-state index is 11.3. The largest absolute Gasteiger partial charge is 0.466 e. The molecular weight excluding hydrogens is 319 g/mol. The van der Waals surface area contributed by atoms with Gasteiger partial charge in [0, 0.05) is 4.47 Å². The highest BCUT2D eigenvalue weighted by atomic mass is 79.9. The van der Waals surface area contributed by atoms with E-state index in [0.717, 1.165) is 10.0 Å². The van der Waals surface area contributed by atoms with Gasteiger partial charge < -0.3 is 4.74 Å². The number of rotatable bonds is 5. The molecule has 0 radical (unpaired) electrons. The molecule has 0 saturated carbocycles. The number of hydrogen-bond acceptors (Lipinski definition) is 3. The summed E-state index contributed by atoms with van der Waals surface area (Å²) in [7, 11) is 0. The maximum Gasteiger partial charge on any atom is 0.310 e. The van der Waals surface area contributed by atoms with Gasteiger partial charge in [-0.15, -0.1) is 11.6 Å². The number of ether oxygens (including phenoxy) is 1. The Balaban J connectivity index is 2.85. The van der Waals surface area contributed by atoms with Crippen LogP contribution in [-0.4, -0.2) is 18.4 Å². The third kappa shape index (κ3) is 4.10. The smallest absolute Gasteiger partial charge is 0.310 e. The molecule has 1 atom stereocenters. The van der Waals surface area contributed by atoms with Gasteiger partial charge in [0.1, 0.15) is 5.38 Å². The van der Waals surface area contributed by atoms with E-state index in [1.54, 1.807) is 25.1 Å². The molecule has 0 bridgehead atoms. The predicted octanol–water partition coefficient (Wildman–Crippen LogP) is 3.42. The number of Topliss-reactive ketones (excluding diaryl/α,β-unsaturated/α-hetero) is 1. The van der Waals surface area contributed by atoms with Crippen LogP contribution in [0.2, 0.25) is 0 Å². The Bertz CT molecular complexity index is 460. The summed E-state index contributed by atoms with van der Waals surface area (Å²) in [5, 5.41) is -0.670. The summed E-state index contributed by atoms with van der Waals surface area (Å²) in [4.78, 5) is 22.6. The average molecular weight is 334 g/mol. The van der Waals surface area contributed by atoms with Crippen LogP contribution in [-0.2, 0) is 20.7 Å². The fourth-order valence-corrected chi connectivity index (χ4v) is 2.46. The van der Waals surface area contributed by atoms with Gasteiger partial charge in [-0.1, -0.05) is 28.1 Å². The summed E-state index contributed by atoms with van der Waals surface area (Å²) in [6.45, 7) is 3.57. The first-order chi connectivity index (χ1) is 8.45. The number of esters is 1. The number of benzene rings is 1. The first kappa shape index (κ1) is 15.2. The van der Waals surface area contributed by atoms with E-state index in [1.165, 1.54) is 6.92 Å². The minimum Gasteiger partial charge on any atom is -0.466 e. The van der Waals surface area contributed by atoms with Crippen LogP contribution in [0.25, 0.3) is 0 Å². The van der Waals surface area contributed by atoms with E-state index in [4.69, 9.17) is 16.3 Å². The van der Waals surface area contributed by atoms with Gasteiger partial charge in [-0.25, -0.2) is 0 Å². The standard InChI is InChI=1S/C13H14BrClO3/c1-3-18-12(17)7-9-4-5-10(11(14)6-9)13(15)8(2)16/h4-6,13H,3,7H2,1-2H3. The number of halogens is 2.